The quantitative estimate of drug-likeness (QED) is 0.733. The van der Waals surface area contributed by atoms with E-state index in [4.69, 9.17) is 0 Å². The van der Waals surface area contributed by atoms with E-state index in [1.54, 1.807) is 19.1 Å². The number of aryl methyl sites for hydroxylation is 1. The number of nitrogens with zero attached hydrogens (tertiary/aromatic N) is 1. The van der Waals surface area contributed by atoms with Crippen LogP contribution in [0.5, 0.6) is 0 Å². The summed E-state index contributed by atoms with van der Waals surface area (Å²) < 4.78 is 0. The minimum atomic E-state index is -0.628. The highest BCUT2D eigenvalue weighted by Crippen LogP contribution is 2.12. The fourth-order valence-electron chi connectivity index (χ4n) is 1.82. The van der Waals surface area contributed by atoms with Crippen molar-refractivity contribution >= 4 is 17.7 Å². The van der Waals surface area contributed by atoms with Crippen LogP contribution in [0.3, 0.4) is 0 Å². The number of rotatable bonds is 1. The maximum atomic E-state index is 12.2. The predicted molar refractivity (Wildman–Crippen MR) is 64.8 cm³/mol. The van der Waals surface area contributed by atoms with E-state index < -0.39 is 17.9 Å². The van der Waals surface area contributed by atoms with Crippen LogP contribution < -0.4 is 5.32 Å². The zero-order valence-corrected chi connectivity index (χ0v) is 10.3. The lowest BCUT2D eigenvalue weighted by Gasteiger charge is -2.31. The van der Waals surface area contributed by atoms with Gasteiger partial charge in [-0.3, -0.25) is 19.7 Å². The van der Waals surface area contributed by atoms with Crippen LogP contribution in [0.4, 0.5) is 0 Å². The van der Waals surface area contributed by atoms with E-state index in [0.717, 1.165) is 5.56 Å². The molecule has 1 fully saturated rings. The second kappa shape index (κ2) is 4.60. The summed E-state index contributed by atoms with van der Waals surface area (Å²) in [7, 11) is 0. The first-order valence-corrected chi connectivity index (χ1v) is 5.70. The van der Waals surface area contributed by atoms with Gasteiger partial charge in [0, 0.05) is 5.56 Å². The Balaban J connectivity index is 2.24. The van der Waals surface area contributed by atoms with Gasteiger partial charge in [-0.15, -0.1) is 0 Å². The zero-order valence-electron chi connectivity index (χ0n) is 10.3. The molecule has 0 spiro atoms. The Morgan fingerprint density at radius 3 is 2.50 bits per heavy atom. The molecule has 5 heteroatoms. The van der Waals surface area contributed by atoms with Gasteiger partial charge in [-0.25, -0.2) is 0 Å². The molecule has 3 amide bonds. The van der Waals surface area contributed by atoms with Crippen molar-refractivity contribution in [2.45, 2.75) is 19.9 Å². The Bertz CT molecular complexity index is 507. The Labute approximate surface area is 105 Å². The largest absolute Gasteiger partial charge is 0.318 e. The van der Waals surface area contributed by atoms with Gasteiger partial charge in [0.2, 0.25) is 11.8 Å². The molecule has 1 N–H and O–H groups in total. The Kier molecular flexibility index (Phi) is 3.14. The lowest BCUT2D eigenvalue weighted by Crippen LogP contribution is -2.58. The van der Waals surface area contributed by atoms with Crippen molar-refractivity contribution in [3.8, 4) is 0 Å². The first-order valence-electron chi connectivity index (χ1n) is 5.70. The maximum absolute atomic E-state index is 12.2. The molecule has 0 saturated carbocycles. The van der Waals surface area contributed by atoms with E-state index in [-0.39, 0.29) is 12.5 Å². The summed E-state index contributed by atoms with van der Waals surface area (Å²) in [4.78, 5) is 36.3. The van der Waals surface area contributed by atoms with Gasteiger partial charge in [0.1, 0.15) is 12.6 Å². The third-order valence-electron chi connectivity index (χ3n) is 2.98. The van der Waals surface area contributed by atoms with Crippen molar-refractivity contribution in [1.29, 1.82) is 0 Å². The van der Waals surface area contributed by atoms with Gasteiger partial charge in [0.05, 0.1) is 0 Å². The first kappa shape index (κ1) is 12.3. The molecule has 1 aliphatic heterocycles. The number of benzene rings is 1. The van der Waals surface area contributed by atoms with Crippen LogP contribution in [0.2, 0.25) is 0 Å². The molecule has 1 saturated heterocycles. The van der Waals surface area contributed by atoms with Crippen LogP contribution in [0.15, 0.2) is 24.3 Å². The molecule has 94 valence electrons. The van der Waals surface area contributed by atoms with Crippen molar-refractivity contribution in [1.82, 2.24) is 10.2 Å². The highest BCUT2D eigenvalue weighted by Gasteiger charge is 2.33. The van der Waals surface area contributed by atoms with Crippen molar-refractivity contribution in [2.24, 2.45) is 0 Å². The molecule has 0 aromatic heterocycles. The van der Waals surface area contributed by atoms with Crippen LogP contribution in [-0.4, -0.2) is 35.2 Å². The molecular formula is C13H14N2O3. The molecule has 1 aliphatic rings. The Hall–Kier alpha value is -2.17. The molecule has 1 aromatic rings. The minimum Gasteiger partial charge on any atom is -0.318 e. The van der Waals surface area contributed by atoms with Gasteiger partial charge in [0.25, 0.3) is 5.91 Å². The van der Waals surface area contributed by atoms with Gasteiger partial charge in [0.15, 0.2) is 0 Å². The summed E-state index contributed by atoms with van der Waals surface area (Å²) in [6.07, 6.45) is 0. The third-order valence-corrected chi connectivity index (χ3v) is 2.98. The van der Waals surface area contributed by atoms with E-state index in [9.17, 15) is 14.4 Å². The number of hydrogen-bond acceptors (Lipinski definition) is 3. The smallest absolute Gasteiger partial charge is 0.254 e. The number of imide groups is 1. The van der Waals surface area contributed by atoms with Crippen molar-refractivity contribution in [3.63, 3.8) is 0 Å². The fraction of sp³-hybridized carbons (Fsp3) is 0.308. The number of piperazine rings is 1. The summed E-state index contributed by atoms with van der Waals surface area (Å²) in [5.74, 6) is -1.18. The van der Waals surface area contributed by atoms with Gasteiger partial charge < -0.3 is 4.90 Å². The lowest BCUT2D eigenvalue weighted by molar-refractivity contribution is -0.138. The molecule has 0 bridgehead atoms. The van der Waals surface area contributed by atoms with E-state index in [1.807, 2.05) is 19.1 Å². The molecule has 5 nitrogen and oxygen atoms in total. The molecule has 18 heavy (non-hydrogen) atoms. The van der Waals surface area contributed by atoms with Crippen molar-refractivity contribution in [3.05, 3.63) is 35.4 Å². The monoisotopic (exact) mass is 246 g/mol. The highest BCUT2D eigenvalue weighted by molar-refractivity contribution is 6.07. The van der Waals surface area contributed by atoms with Crippen LogP contribution in [0, 0.1) is 6.92 Å². The van der Waals surface area contributed by atoms with Crippen molar-refractivity contribution < 1.29 is 14.4 Å². The summed E-state index contributed by atoms with van der Waals surface area (Å²) >= 11 is 0. The Morgan fingerprint density at radius 1 is 1.28 bits per heavy atom. The molecule has 1 aromatic carbocycles. The summed E-state index contributed by atoms with van der Waals surface area (Å²) in [6.45, 7) is 3.45. The minimum absolute atomic E-state index is 0.0837. The number of carbonyl (C=O) groups is 3. The van der Waals surface area contributed by atoms with Crippen LogP contribution in [0.25, 0.3) is 0 Å². The van der Waals surface area contributed by atoms with Crippen LogP contribution >= 0.6 is 0 Å². The molecule has 2 rings (SSSR count). The average molecular weight is 246 g/mol. The number of nitrogens with one attached hydrogen (secondary N) is 1. The second-order valence-corrected chi connectivity index (χ2v) is 4.39. The number of carbonyl (C=O) groups excluding carboxylic acids is 3. The number of hydrogen-bond donors (Lipinski definition) is 1. The SMILES string of the molecule is Cc1ccc(C(=O)N2CC(=O)NC(=O)C2C)cc1. The lowest BCUT2D eigenvalue weighted by atomic mass is 10.1. The molecule has 1 unspecified atom stereocenters. The van der Waals surface area contributed by atoms with Gasteiger partial charge in [-0.05, 0) is 26.0 Å². The summed E-state index contributed by atoms with van der Waals surface area (Å²) in [6, 6.07) is 6.41. The highest BCUT2D eigenvalue weighted by atomic mass is 16.2. The first-order chi connectivity index (χ1) is 8.49. The normalized spacial score (nSPS) is 19.7. The number of amides is 3. The molecule has 1 atom stereocenters. The fourth-order valence-corrected chi connectivity index (χ4v) is 1.82. The maximum Gasteiger partial charge on any atom is 0.254 e. The topological polar surface area (TPSA) is 66.5 Å². The molecular weight excluding hydrogens is 232 g/mol. The average Bonchev–Trinajstić information content (AvgIpc) is 2.34. The Morgan fingerprint density at radius 2 is 1.89 bits per heavy atom. The third kappa shape index (κ3) is 2.25. The van der Waals surface area contributed by atoms with E-state index in [0.29, 0.717) is 5.56 Å². The van der Waals surface area contributed by atoms with Gasteiger partial charge in [-0.2, -0.15) is 0 Å². The van der Waals surface area contributed by atoms with Crippen LogP contribution in [-0.2, 0) is 9.59 Å². The van der Waals surface area contributed by atoms with Gasteiger partial charge in [-0.1, -0.05) is 17.7 Å². The van der Waals surface area contributed by atoms with E-state index in [2.05, 4.69) is 5.32 Å². The molecule has 1 heterocycles. The summed E-state index contributed by atoms with van der Waals surface area (Å²) in [5, 5.41) is 2.20. The standard InChI is InChI=1S/C13H14N2O3/c1-8-3-5-10(6-4-8)13(18)15-7-11(16)14-12(17)9(15)2/h3-6,9H,7H2,1-2H3,(H,14,16,17). The predicted octanol–water partition coefficient (Wildman–Crippen LogP) is 0.482. The summed E-state index contributed by atoms with van der Waals surface area (Å²) in [5.41, 5.74) is 1.53. The zero-order chi connectivity index (χ0) is 13.3. The van der Waals surface area contributed by atoms with E-state index >= 15 is 0 Å². The molecule has 0 aliphatic carbocycles. The van der Waals surface area contributed by atoms with E-state index in [1.165, 1.54) is 4.90 Å². The molecule has 0 radical (unpaired) electrons. The van der Waals surface area contributed by atoms with Gasteiger partial charge >= 0.3 is 0 Å². The van der Waals surface area contributed by atoms with Crippen LogP contribution in [0.1, 0.15) is 22.8 Å². The van der Waals surface area contributed by atoms with Crippen molar-refractivity contribution in [2.75, 3.05) is 6.54 Å². The second-order valence-electron chi connectivity index (χ2n) is 4.39.